The quantitative estimate of drug-likeness (QED) is 0.388. The van der Waals surface area contributed by atoms with Crippen molar-refractivity contribution in [2.75, 3.05) is 0 Å². The summed E-state index contributed by atoms with van der Waals surface area (Å²) in [6.45, 7) is 2.04. The second-order valence-electron chi connectivity index (χ2n) is 5.72. The van der Waals surface area contributed by atoms with Gasteiger partial charge in [0, 0.05) is 16.3 Å². The number of hydrogen-bond donors (Lipinski definition) is 0. The third-order valence-corrected chi connectivity index (χ3v) is 4.11. The number of nitrogens with zero attached hydrogens (tertiary/aromatic N) is 1. The molecule has 0 N–H and O–H groups in total. The monoisotopic (exact) mass is 297 g/mol. The van der Waals surface area contributed by atoms with Crippen LogP contribution in [-0.2, 0) is 0 Å². The number of fused-ring (bicyclic) bond motifs is 3. The lowest BCUT2D eigenvalue weighted by Gasteiger charge is -2.09. The topological polar surface area (TPSA) is 30.0 Å². The van der Waals surface area contributed by atoms with Crippen LogP contribution in [-0.4, -0.2) is 10.8 Å². The van der Waals surface area contributed by atoms with Gasteiger partial charge in [-0.1, -0.05) is 66.7 Å². The van der Waals surface area contributed by atoms with E-state index in [0.717, 1.165) is 27.2 Å². The van der Waals surface area contributed by atoms with Crippen molar-refractivity contribution in [1.29, 1.82) is 0 Å². The third-order valence-electron chi connectivity index (χ3n) is 4.11. The average Bonchev–Trinajstić information content (AvgIpc) is 2.61. The van der Waals surface area contributed by atoms with Crippen LogP contribution in [0.5, 0.6) is 0 Å². The number of ketones is 1. The molecule has 0 saturated carbocycles. The molecule has 2 nitrogen and oxygen atoms in total. The largest absolute Gasteiger partial charge is 0.287 e. The van der Waals surface area contributed by atoms with E-state index in [-0.39, 0.29) is 5.78 Å². The molecule has 0 atom stereocenters. The average molecular weight is 297 g/mol. The molecule has 0 radical (unpaired) electrons. The SMILES string of the molecule is Cc1ccc2c(c1)nc(C(=O)c1ccccc1)c1ccccc12. The highest BCUT2D eigenvalue weighted by atomic mass is 16.1. The summed E-state index contributed by atoms with van der Waals surface area (Å²) in [7, 11) is 0. The first-order valence-electron chi connectivity index (χ1n) is 7.63. The normalized spacial score (nSPS) is 11.0. The highest BCUT2D eigenvalue weighted by molar-refractivity contribution is 6.19. The predicted octanol–water partition coefficient (Wildman–Crippen LogP) is 4.93. The fraction of sp³-hybridized carbons (Fsp3) is 0.0476. The van der Waals surface area contributed by atoms with Crippen LogP contribution in [0, 0.1) is 6.92 Å². The molecule has 0 fully saturated rings. The second kappa shape index (κ2) is 5.33. The minimum atomic E-state index is -0.0368. The Morgan fingerprint density at radius 1 is 0.783 bits per heavy atom. The zero-order chi connectivity index (χ0) is 15.8. The molecule has 4 aromatic rings. The standard InChI is InChI=1S/C21H15NO/c1-14-11-12-17-16-9-5-6-10-18(16)20(22-19(17)13-14)21(23)15-7-3-2-4-8-15/h2-13H,1H3. The van der Waals surface area contributed by atoms with Crippen molar-refractivity contribution in [2.45, 2.75) is 6.92 Å². The maximum atomic E-state index is 12.9. The van der Waals surface area contributed by atoms with Gasteiger partial charge in [-0.3, -0.25) is 4.79 Å². The van der Waals surface area contributed by atoms with E-state index in [4.69, 9.17) is 4.98 Å². The first-order chi connectivity index (χ1) is 11.2. The van der Waals surface area contributed by atoms with E-state index < -0.39 is 0 Å². The van der Waals surface area contributed by atoms with Crippen LogP contribution >= 0.6 is 0 Å². The molecule has 0 unspecified atom stereocenters. The van der Waals surface area contributed by atoms with Crippen molar-refractivity contribution in [3.05, 3.63) is 89.6 Å². The molecule has 1 heterocycles. The van der Waals surface area contributed by atoms with Gasteiger partial charge in [-0.15, -0.1) is 0 Å². The highest BCUT2D eigenvalue weighted by Gasteiger charge is 2.16. The summed E-state index contributed by atoms with van der Waals surface area (Å²) in [6, 6.07) is 23.5. The van der Waals surface area contributed by atoms with E-state index in [9.17, 15) is 4.79 Å². The summed E-state index contributed by atoms with van der Waals surface area (Å²) in [5.74, 6) is -0.0368. The molecule has 1 aromatic heterocycles. The molecule has 23 heavy (non-hydrogen) atoms. The van der Waals surface area contributed by atoms with Crippen LogP contribution in [0.25, 0.3) is 21.7 Å². The fourth-order valence-corrected chi connectivity index (χ4v) is 2.97. The number of rotatable bonds is 2. The summed E-state index contributed by atoms with van der Waals surface area (Å²) in [4.78, 5) is 17.6. The number of benzene rings is 3. The van der Waals surface area contributed by atoms with Gasteiger partial charge in [-0.05, 0) is 23.9 Å². The van der Waals surface area contributed by atoms with Crippen molar-refractivity contribution in [3.63, 3.8) is 0 Å². The highest BCUT2D eigenvalue weighted by Crippen LogP contribution is 2.28. The van der Waals surface area contributed by atoms with E-state index in [1.807, 2.05) is 61.5 Å². The van der Waals surface area contributed by atoms with Crippen molar-refractivity contribution < 1.29 is 4.79 Å². The predicted molar refractivity (Wildman–Crippen MR) is 93.9 cm³/mol. The van der Waals surface area contributed by atoms with E-state index in [0.29, 0.717) is 11.3 Å². The lowest BCUT2D eigenvalue weighted by Crippen LogP contribution is -2.05. The lowest BCUT2D eigenvalue weighted by atomic mass is 9.98. The summed E-state index contributed by atoms with van der Waals surface area (Å²) >= 11 is 0. The summed E-state index contributed by atoms with van der Waals surface area (Å²) in [5, 5.41) is 3.05. The second-order valence-corrected chi connectivity index (χ2v) is 5.72. The van der Waals surface area contributed by atoms with Crippen molar-refractivity contribution in [1.82, 2.24) is 4.98 Å². The minimum absolute atomic E-state index is 0.0368. The zero-order valence-corrected chi connectivity index (χ0v) is 12.8. The first-order valence-corrected chi connectivity index (χ1v) is 7.63. The molecule has 2 heteroatoms. The van der Waals surface area contributed by atoms with Gasteiger partial charge in [0.05, 0.1) is 5.52 Å². The van der Waals surface area contributed by atoms with Gasteiger partial charge in [-0.25, -0.2) is 4.98 Å². The fourth-order valence-electron chi connectivity index (χ4n) is 2.97. The first kappa shape index (κ1) is 13.6. The van der Waals surface area contributed by atoms with Crippen LogP contribution in [0.4, 0.5) is 0 Å². The van der Waals surface area contributed by atoms with Gasteiger partial charge in [0.1, 0.15) is 5.69 Å². The molecule has 110 valence electrons. The van der Waals surface area contributed by atoms with Gasteiger partial charge in [0.2, 0.25) is 5.78 Å². The molecular formula is C21H15NO. The van der Waals surface area contributed by atoms with Crippen LogP contribution in [0.1, 0.15) is 21.6 Å². The number of hydrogen-bond acceptors (Lipinski definition) is 2. The van der Waals surface area contributed by atoms with Gasteiger partial charge in [-0.2, -0.15) is 0 Å². The Bertz CT molecular complexity index is 1040. The molecule has 4 rings (SSSR count). The molecule has 3 aromatic carbocycles. The molecule has 0 aliphatic carbocycles. The van der Waals surface area contributed by atoms with E-state index >= 15 is 0 Å². The van der Waals surface area contributed by atoms with Gasteiger partial charge in [0.25, 0.3) is 0 Å². The van der Waals surface area contributed by atoms with Crippen LogP contribution < -0.4 is 0 Å². The van der Waals surface area contributed by atoms with E-state index in [1.165, 1.54) is 0 Å². The van der Waals surface area contributed by atoms with Crippen LogP contribution in [0.3, 0.4) is 0 Å². The Kier molecular flexibility index (Phi) is 3.16. The number of aryl methyl sites for hydroxylation is 1. The zero-order valence-electron chi connectivity index (χ0n) is 12.8. The Balaban J connectivity index is 2.06. The number of carbonyl (C=O) groups is 1. The van der Waals surface area contributed by atoms with Crippen molar-refractivity contribution >= 4 is 27.5 Å². The number of carbonyl (C=O) groups excluding carboxylic acids is 1. The van der Waals surface area contributed by atoms with E-state index in [1.54, 1.807) is 0 Å². The van der Waals surface area contributed by atoms with Crippen LogP contribution in [0.2, 0.25) is 0 Å². The van der Waals surface area contributed by atoms with Crippen LogP contribution in [0.15, 0.2) is 72.8 Å². The Morgan fingerprint density at radius 2 is 1.48 bits per heavy atom. The molecular weight excluding hydrogens is 282 g/mol. The minimum Gasteiger partial charge on any atom is -0.287 e. The summed E-state index contributed by atoms with van der Waals surface area (Å²) in [5.41, 5.74) is 3.18. The molecule has 0 saturated heterocycles. The smallest absolute Gasteiger partial charge is 0.212 e. The Morgan fingerprint density at radius 3 is 2.26 bits per heavy atom. The van der Waals surface area contributed by atoms with Crippen molar-refractivity contribution in [3.8, 4) is 0 Å². The lowest BCUT2D eigenvalue weighted by molar-refractivity contribution is 0.103. The van der Waals surface area contributed by atoms with E-state index in [2.05, 4.69) is 18.2 Å². The number of pyridine rings is 1. The number of aromatic nitrogens is 1. The van der Waals surface area contributed by atoms with Gasteiger partial charge in [0.15, 0.2) is 0 Å². The molecule has 0 aliphatic rings. The summed E-state index contributed by atoms with van der Waals surface area (Å²) < 4.78 is 0. The Labute approximate surface area is 134 Å². The van der Waals surface area contributed by atoms with Crippen molar-refractivity contribution in [2.24, 2.45) is 0 Å². The molecule has 0 aliphatic heterocycles. The maximum absolute atomic E-state index is 12.9. The maximum Gasteiger partial charge on any atom is 0.212 e. The molecule has 0 spiro atoms. The third kappa shape index (κ3) is 2.29. The molecule has 0 amide bonds. The molecule has 0 bridgehead atoms. The van der Waals surface area contributed by atoms with Gasteiger partial charge >= 0.3 is 0 Å². The van der Waals surface area contributed by atoms with Gasteiger partial charge < -0.3 is 0 Å². The summed E-state index contributed by atoms with van der Waals surface area (Å²) in [6.07, 6.45) is 0. The Hall–Kier alpha value is -3.00.